The monoisotopic (exact) mass is 326 g/mol. The minimum atomic E-state index is 0.0550. The van der Waals surface area contributed by atoms with Crippen LogP contribution in [0.2, 0.25) is 0 Å². The highest BCUT2D eigenvalue weighted by Gasteiger charge is 2.07. The molecule has 0 saturated heterocycles. The maximum absolute atomic E-state index is 12.1. The summed E-state index contributed by atoms with van der Waals surface area (Å²) in [7, 11) is 1.76. The number of carbonyl (C=O) groups is 1. The van der Waals surface area contributed by atoms with E-state index in [1.165, 1.54) is 16.0 Å². The zero-order chi connectivity index (χ0) is 16.5. The average Bonchev–Trinajstić information content (AvgIpc) is 3.03. The second-order valence-corrected chi connectivity index (χ2v) is 6.23. The number of benzene rings is 1. The number of carbonyl (C=O) groups excluding carboxylic acids is 1. The van der Waals surface area contributed by atoms with Crippen molar-refractivity contribution in [3.05, 3.63) is 59.0 Å². The van der Waals surface area contributed by atoms with Crippen LogP contribution in [-0.2, 0) is 11.2 Å². The van der Waals surface area contributed by atoms with Gasteiger partial charge in [0, 0.05) is 24.6 Å². The van der Waals surface area contributed by atoms with Crippen LogP contribution in [0, 0.1) is 0 Å². The maximum atomic E-state index is 12.1. The summed E-state index contributed by atoms with van der Waals surface area (Å²) in [6, 6.07) is 14.1. The van der Waals surface area contributed by atoms with Gasteiger partial charge in [-0.15, -0.1) is 11.3 Å². The lowest BCUT2D eigenvalue weighted by Crippen LogP contribution is -2.11. The number of nitrogens with one attached hydrogen (secondary N) is 1. The van der Waals surface area contributed by atoms with Crippen molar-refractivity contribution in [2.45, 2.75) is 26.2 Å². The standard InChI is InChI=1S/C19H22N2OS/c1-3-16(13-14-20-2)17-10-12-19(23-17)21-18(22)11-9-15-7-5-4-6-8-15/h4-8,10,12-14H,3,9,11H2,1-2H3,(H,21,22)/b16-13+,20-14-. The summed E-state index contributed by atoms with van der Waals surface area (Å²) >= 11 is 1.60. The van der Waals surface area contributed by atoms with Crippen LogP contribution in [0.15, 0.2) is 53.5 Å². The zero-order valence-electron chi connectivity index (χ0n) is 13.6. The molecule has 1 amide bonds. The van der Waals surface area contributed by atoms with Gasteiger partial charge < -0.3 is 5.32 Å². The highest BCUT2D eigenvalue weighted by atomic mass is 32.1. The van der Waals surface area contributed by atoms with Gasteiger partial charge in [0.15, 0.2) is 0 Å². The van der Waals surface area contributed by atoms with Crippen molar-refractivity contribution in [3.63, 3.8) is 0 Å². The van der Waals surface area contributed by atoms with Crippen molar-refractivity contribution in [1.29, 1.82) is 0 Å². The predicted octanol–water partition coefficient (Wildman–Crippen LogP) is 4.81. The Bertz CT molecular complexity index is 686. The molecule has 0 fully saturated rings. The molecule has 0 bridgehead atoms. The smallest absolute Gasteiger partial charge is 0.225 e. The number of thiophene rings is 1. The molecule has 0 aliphatic rings. The van der Waals surface area contributed by atoms with Gasteiger partial charge in [0.25, 0.3) is 0 Å². The molecule has 2 aromatic rings. The van der Waals surface area contributed by atoms with Gasteiger partial charge in [-0.25, -0.2) is 0 Å². The summed E-state index contributed by atoms with van der Waals surface area (Å²) in [5.74, 6) is 0.0550. The number of nitrogens with zero attached hydrogens (tertiary/aromatic N) is 1. The van der Waals surface area contributed by atoms with Crippen molar-refractivity contribution in [1.82, 2.24) is 0 Å². The SMILES string of the molecule is CC/C(=C\C=N/C)c1ccc(NC(=O)CCc2ccccc2)s1. The molecule has 0 saturated carbocycles. The van der Waals surface area contributed by atoms with Crippen LogP contribution in [0.25, 0.3) is 5.57 Å². The maximum Gasteiger partial charge on any atom is 0.225 e. The molecule has 1 aromatic heterocycles. The van der Waals surface area contributed by atoms with Gasteiger partial charge in [0.1, 0.15) is 0 Å². The summed E-state index contributed by atoms with van der Waals surface area (Å²) in [5, 5.41) is 3.88. The molecule has 0 unspecified atom stereocenters. The third-order valence-electron chi connectivity index (χ3n) is 3.47. The molecule has 1 aromatic carbocycles. The van der Waals surface area contributed by atoms with Crippen molar-refractivity contribution in [2.24, 2.45) is 4.99 Å². The highest BCUT2D eigenvalue weighted by Crippen LogP contribution is 2.29. The Hall–Kier alpha value is -2.20. The minimum absolute atomic E-state index is 0.0550. The number of aryl methyl sites for hydroxylation is 1. The van der Waals surface area contributed by atoms with Crippen molar-refractivity contribution in [2.75, 3.05) is 12.4 Å². The summed E-state index contributed by atoms with van der Waals surface area (Å²) in [5.41, 5.74) is 2.41. The quantitative estimate of drug-likeness (QED) is 0.729. The van der Waals surface area contributed by atoms with Crippen LogP contribution in [0.4, 0.5) is 5.00 Å². The van der Waals surface area contributed by atoms with Crippen LogP contribution in [0.3, 0.4) is 0 Å². The molecule has 2 rings (SSSR count). The topological polar surface area (TPSA) is 41.5 Å². The van der Waals surface area contributed by atoms with Gasteiger partial charge in [-0.1, -0.05) is 37.3 Å². The molecule has 120 valence electrons. The first-order valence-electron chi connectivity index (χ1n) is 7.78. The van der Waals surface area contributed by atoms with Crippen LogP contribution in [0.1, 0.15) is 30.2 Å². The normalized spacial score (nSPS) is 11.8. The number of hydrogen-bond acceptors (Lipinski definition) is 3. The summed E-state index contributed by atoms with van der Waals surface area (Å²) in [6.45, 7) is 2.12. The molecular formula is C19H22N2OS. The zero-order valence-corrected chi connectivity index (χ0v) is 14.4. The van der Waals surface area contributed by atoms with E-state index in [-0.39, 0.29) is 5.91 Å². The number of anilines is 1. The average molecular weight is 326 g/mol. The van der Waals surface area contributed by atoms with E-state index in [1.54, 1.807) is 24.6 Å². The van der Waals surface area contributed by atoms with E-state index in [1.807, 2.05) is 42.5 Å². The highest BCUT2D eigenvalue weighted by molar-refractivity contribution is 7.17. The lowest BCUT2D eigenvalue weighted by atomic mass is 10.1. The Balaban J connectivity index is 1.92. The number of allylic oxidation sites excluding steroid dienone is 2. The second kappa shape index (κ2) is 9.06. The predicted molar refractivity (Wildman–Crippen MR) is 100 cm³/mol. The Morgan fingerprint density at radius 2 is 2.00 bits per heavy atom. The molecule has 3 nitrogen and oxygen atoms in total. The van der Waals surface area contributed by atoms with Gasteiger partial charge in [0.2, 0.25) is 5.91 Å². The molecular weight excluding hydrogens is 304 g/mol. The lowest BCUT2D eigenvalue weighted by Gasteiger charge is -2.03. The number of hydrogen-bond donors (Lipinski definition) is 1. The first kappa shape index (κ1) is 17.2. The fourth-order valence-corrected chi connectivity index (χ4v) is 3.24. The van der Waals surface area contributed by atoms with Crippen molar-refractivity contribution < 1.29 is 4.79 Å². The first-order valence-corrected chi connectivity index (χ1v) is 8.60. The van der Waals surface area contributed by atoms with Crippen LogP contribution in [0.5, 0.6) is 0 Å². The summed E-state index contributed by atoms with van der Waals surface area (Å²) < 4.78 is 0. The Morgan fingerprint density at radius 3 is 2.70 bits per heavy atom. The van der Waals surface area contributed by atoms with Gasteiger partial charge >= 0.3 is 0 Å². The lowest BCUT2D eigenvalue weighted by molar-refractivity contribution is -0.116. The number of rotatable bonds is 7. The van der Waals surface area contributed by atoms with E-state index in [4.69, 9.17) is 0 Å². The van der Waals surface area contributed by atoms with Crippen LogP contribution in [-0.4, -0.2) is 19.2 Å². The van der Waals surface area contributed by atoms with Gasteiger partial charge in [-0.05, 0) is 42.2 Å². The third kappa shape index (κ3) is 5.49. The van der Waals surface area contributed by atoms with E-state index in [0.717, 1.165) is 17.8 Å². The third-order valence-corrected chi connectivity index (χ3v) is 4.55. The van der Waals surface area contributed by atoms with Crippen LogP contribution < -0.4 is 5.32 Å². The van der Waals surface area contributed by atoms with Gasteiger partial charge in [-0.2, -0.15) is 0 Å². The Kier molecular flexibility index (Phi) is 6.76. The number of aliphatic imine (C=N–C) groups is 1. The molecule has 0 spiro atoms. The molecule has 1 N–H and O–H groups in total. The van der Waals surface area contributed by atoms with E-state index in [9.17, 15) is 4.79 Å². The molecule has 1 heterocycles. The molecule has 0 radical (unpaired) electrons. The number of amides is 1. The largest absolute Gasteiger partial charge is 0.318 e. The van der Waals surface area contributed by atoms with E-state index in [2.05, 4.69) is 23.3 Å². The second-order valence-electron chi connectivity index (χ2n) is 5.15. The van der Waals surface area contributed by atoms with Crippen molar-refractivity contribution >= 4 is 34.0 Å². The van der Waals surface area contributed by atoms with Gasteiger partial charge in [-0.3, -0.25) is 9.79 Å². The first-order chi connectivity index (χ1) is 11.2. The van der Waals surface area contributed by atoms with E-state index in [0.29, 0.717) is 6.42 Å². The van der Waals surface area contributed by atoms with Gasteiger partial charge in [0.05, 0.1) is 5.00 Å². The fraction of sp³-hybridized carbons (Fsp3) is 0.263. The molecule has 0 atom stereocenters. The fourth-order valence-electron chi connectivity index (χ4n) is 2.22. The van der Waals surface area contributed by atoms with Crippen LogP contribution >= 0.6 is 11.3 Å². The summed E-state index contributed by atoms with van der Waals surface area (Å²) in [6.07, 6.45) is 6.02. The Labute approximate surface area is 141 Å². The molecule has 23 heavy (non-hydrogen) atoms. The molecule has 4 heteroatoms. The molecule has 0 aliphatic carbocycles. The molecule has 0 aliphatic heterocycles. The van der Waals surface area contributed by atoms with Crippen molar-refractivity contribution in [3.8, 4) is 0 Å². The van der Waals surface area contributed by atoms with E-state index < -0.39 is 0 Å². The van der Waals surface area contributed by atoms with E-state index >= 15 is 0 Å². The Morgan fingerprint density at radius 1 is 1.22 bits per heavy atom. The summed E-state index contributed by atoms with van der Waals surface area (Å²) in [4.78, 5) is 17.2. The minimum Gasteiger partial charge on any atom is -0.318 e.